The van der Waals surface area contributed by atoms with E-state index in [0.29, 0.717) is 32.1 Å². The van der Waals surface area contributed by atoms with E-state index >= 15 is 0 Å². The summed E-state index contributed by atoms with van der Waals surface area (Å²) in [7, 11) is 2.06. The van der Waals surface area contributed by atoms with Gasteiger partial charge in [-0.15, -0.1) is 0 Å². The Labute approximate surface area is 313 Å². The molecule has 300 valence electrons. The zero-order chi connectivity index (χ0) is 38.9. The lowest BCUT2D eigenvalue weighted by Crippen LogP contribution is -2.48. The van der Waals surface area contributed by atoms with Crippen molar-refractivity contribution in [1.82, 2.24) is 15.5 Å². The second-order valence-corrected chi connectivity index (χ2v) is 19.4. The van der Waals surface area contributed by atoms with Crippen LogP contribution in [0.2, 0.25) is 0 Å². The van der Waals surface area contributed by atoms with Crippen LogP contribution < -0.4 is 10.6 Å². The summed E-state index contributed by atoms with van der Waals surface area (Å²) in [5, 5.41) is 7.06. The van der Waals surface area contributed by atoms with Crippen molar-refractivity contribution >= 4 is 17.9 Å². The molecule has 0 radical (unpaired) electrons. The molecule has 2 N–H and O–H groups in total. The summed E-state index contributed by atoms with van der Waals surface area (Å²) >= 11 is 0. The maximum atomic E-state index is 13.1. The number of nitrogens with zero attached hydrogens (tertiary/aromatic N) is 1. The van der Waals surface area contributed by atoms with Gasteiger partial charge in [0.15, 0.2) is 0 Å². The van der Waals surface area contributed by atoms with Crippen LogP contribution in [0.3, 0.4) is 0 Å². The number of esters is 3. The summed E-state index contributed by atoms with van der Waals surface area (Å²) in [5.41, 5.74) is -1.34. The highest BCUT2D eigenvalue weighted by atomic mass is 16.6. The molecule has 4 aliphatic rings. The topological polar surface area (TPSA) is 134 Å². The Kier molecular flexibility index (Phi) is 13.3. The molecule has 0 aromatic carbocycles. The quantitative estimate of drug-likeness (QED) is 0.136. The maximum absolute atomic E-state index is 13.1. The van der Waals surface area contributed by atoms with Crippen molar-refractivity contribution in [2.75, 3.05) is 46.7 Å². The molecule has 12 heteroatoms. The predicted molar refractivity (Wildman–Crippen MR) is 199 cm³/mol. The van der Waals surface area contributed by atoms with Gasteiger partial charge in [0.05, 0.1) is 55.9 Å². The van der Waals surface area contributed by atoms with Gasteiger partial charge in [-0.2, -0.15) is 0 Å². The summed E-state index contributed by atoms with van der Waals surface area (Å²) in [6.07, 6.45) is 3.54. The van der Waals surface area contributed by atoms with Crippen LogP contribution in [0.5, 0.6) is 0 Å². The Morgan fingerprint density at radius 2 is 0.846 bits per heavy atom. The second-order valence-electron chi connectivity index (χ2n) is 19.4. The van der Waals surface area contributed by atoms with E-state index in [-0.39, 0.29) is 127 Å². The average Bonchev–Trinajstić information content (AvgIpc) is 3.47. The fourth-order valence-corrected chi connectivity index (χ4v) is 9.53. The number of carbonyl (C=O) groups excluding carboxylic acids is 3. The molecule has 3 heterocycles. The van der Waals surface area contributed by atoms with Crippen LogP contribution in [0, 0.1) is 17.8 Å². The molecule has 0 aromatic rings. The second kappa shape index (κ2) is 16.1. The molecule has 4 rings (SSSR count). The minimum atomic E-state index is -0.344. The number of ether oxygens (including phenoxy) is 6. The largest absolute Gasteiger partial charge is 0.463 e. The molecule has 1 aliphatic carbocycles. The van der Waals surface area contributed by atoms with Gasteiger partial charge in [-0.3, -0.25) is 19.3 Å². The lowest BCUT2D eigenvalue weighted by Gasteiger charge is -2.37. The van der Waals surface area contributed by atoms with E-state index in [1.807, 2.05) is 27.7 Å². The highest BCUT2D eigenvalue weighted by molar-refractivity contribution is 5.76. The molecule has 5 unspecified atom stereocenters. The van der Waals surface area contributed by atoms with Gasteiger partial charge in [0.2, 0.25) is 0 Å². The molecule has 0 spiro atoms. The minimum absolute atomic E-state index is 0.0884. The summed E-state index contributed by atoms with van der Waals surface area (Å²) in [4.78, 5) is 41.3. The van der Waals surface area contributed by atoms with E-state index in [1.54, 1.807) is 0 Å². The summed E-state index contributed by atoms with van der Waals surface area (Å²) in [6.45, 7) is 26.3. The molecule has 12 nitrogen and oxygen atoms in total. The van der Waals surface area contributed by atoms with Crippen LogP contribution in [0.25, 0.3) is 0 Å². The molecule has 1 saturated carbocycles. The Hall–Kier alpha value is -1.83. The third kappa shape index (κ3) is 10.7. The van der Waals surface area contributed by atoms with E-state index in [4.69, 9.17) is 28.4 Å². The van der Waals surface area contributed by atoms with E-state index < -0.39 is 0 Å². The molecule has 0 aromatic heterocycles. The Morgan fingerprint density at radius 1 is 0.519 bits per heavy atom. The number of nitrogens with one attached hydrogen (secondary N) is 2. The number of hydrogen-bond acceptors (Lipinski definition) is 12. The molecule has 0 amide bonds. The SMILES string of the molecule is CN1C(C)(C)CC(C(=O)OCCOC2CC(OCCOC(=O)C3CC(C)(C)NC3(C)C)CC(OCCOC(=O)C3CC(C)(C)NC3(C)C)C2)C1(C)C. The van der Waals surface area contributed by atoms with Crippen molar-refractivity contribution in [2.45, 2.75) is 173 Å². The average molecular weight is 738 g/mol. The lowest BCUT2D eigenvalue weighted by atomic mass is 9.87. The standard InChI is InChI=1S/C40H71N3O9/c1-35(2)23-29(38(7,8)41-35)32(44)50-17-14-47-26-20-27(48-15-18-51-33(45)30-24-36(3,4)42-39(30,9)10)22-28(21-26)49-16-19-52-34(46)31-25-37(5,6)43(13)40(31,11)12/h26-31,41-42H,14-25H2,1-13H3. The Morgan fingerprint density at radius 3 is 1.12 bits per heavy atom. The van der Waals surface area contributed by atoms with Gasteiger partial charge in [0.25, 0.3) is 0 Å². The molecule has 52 heavy (non-hydrogen) atoms. The smallest absolute Gasteiger partial charge is 0.310 e. The van der Waals surface area contributed by atoms with Crippen molar-refractivity contribution in [3.05, 3.63) is 0 Å². The fraction of sp³-hybridized carbons (Fsp3) is 0.925. The van der Waals surface area contributed by atoms with E-state index in [0.717, 1.165) is 6.42 Å². The molecular formula is C40H71N3O9. The van der Waals surface area contributed by atoms with Crippen molar-refractivity contribution in [2.24, 2.45) is 17.8 Å². The number of hydrogen-bond donors (Lipinski definition) is 2. The third-order valence-corrected chi connectivity index (χ3v) is 12.3. The summed E-state index contributed by atoms with van der Waals surface area (Å²) in [6, 6.07) is 0. The highest BCUT2D eigenvalue weighted by Gasteiger charge is 2.53. The van der Waals surface area contributed by atoms with Crippen molar-refractivity contribution in [3.63, 3.8) is 0 Å². The van der Waals surface area contributed by atoms with Crippen molar-refractivity contribution < 1.29 is 42.8 Å². The van der Waals surface area contributed by atoms with E-state index in [2.05, 4.69) is 78.0 Å². The molecular weight excluding hydrogens is 666 g/mol. The fourth-order valence-electron chi connectivity index (χ4n) is 9.53. The molecule has 5 atom stereocenters. The summed E-state index contributed by atoms with van der Waals surface area (Å²) < 4.78 is 35.8. The van der Waals surface area contributed by atoms with Crippen LogP contribution in [-0.2, 0) is 42.8 Å². The first-order valence-electron chi connectivity index (χ1n) is 19.5. The lowest BCUT2D eigenvalue weighted by molar-refractivity contribution is -0.157. The van der Waals surface area contributed by atoms with Gasteiger partial charge in [0.1, 0.15) is 19.8 Å². The van der Waals surface area contributed by atoms with Gasteiger partial charge in [0, 0.05) is 33.2 Å². The molecule has 0 bridgehead atoms. The first-order valence-corrected chi connectivity index (χ1v) is 19.5. The van der Waals surface area contributed by atoms with Crippen LogP contribution in [0.15, 0.2) is 0 Å². The Bertz CT molecular complexity index is 1200. The van der Waals surface area contributed by atoms with Crippen LogP contribution >= 0.6 is 0 Å². The van der Waals surface area contributed by atoms with Crippen LogP contribution in [0.1, 0.15) is 122 Å². The zero-order valence-corrected chi connectivity index (χ0v) is 34.6. The van der Waals surface area contributed by atoms with Gasteiger partial charge >= 0.3 is 17.9 Å². The van der Waals surface area contributed by atoms with Gasteiger partial charge in [-0.05, 0) is 129 Å². The molecule has 4 fully saturated rings. The monoisotopic (exact) mass is 738 g/mol. The highest BCUT2D eigenvalue weighted by Crippen LogP contribution is 2.44. The number of rotatable bonds is 15. The first kappa shape index (κ1) is 42.9. The minimum Gasteiger partial charge on any atom is -0.463 e. The van der Waals surface area contributed by atoms with E-state index in [9.17, 15) is 14.4 Å². The van der Waals surface area contributed by atoms with Crippen LogP contribution in [0.4, 0.5) is 0 Å². The van der Waals surface area contributed by atoms with Crippen LogP contribution in [-0.4, -0.2) is 121 Å². The number of likely N-dealkylation sites (tertiary alicyclic amines) is 1. The van der Waals surface area contributed by atoms with Gasteiger partial charge in [-0.25, -0.2) is 0 Å². The maximum Gasteiger partial charge on any atom is 0.310 e. The zero-order valence-electron chi connectivity index (χ0n) is 34.6. The normalized spacial score (nSPS) is 32.7. The molecule has 3 aliphatic heterocycles. The van der Waals surface area contributed by atoms with Gasteiger partial charge in [-0.1, -0.05) is 0 Å². The first-order chi connectivity index (χ1) is 23.9. The Balaban J connectivity index is 1.26. The van der Waals surface area contributed by atoms with Crippen molar-refractivity contribution in [3.8, 4) is 0 Å². The van der Waals surface area contributed by atoms with Crippen molar-refractivity contribution in [1.29, 1.82) is 0 Å². The van der Waals surface area contributed by atoms with Gasteiger partial charge < -0.3 is 39.1 Å². The number of carbonyl (C=O) groups is 3. The molecule has 3 saturated heterocycles. The predicted octanol–water partition coefficient (Wildman–Crippen LogP) is 4.80. The summed E-state index contributed by atoms with van der Waals surface area (Å²) in [5.74, 6) is -1.29. The third-order valence-electron chi connectivity index (χ3n) is 12.3. The van der Waals surface area contributed by atoms with E-state index in [1.165, 1.54) is 0 Å².